The Morgan fingerprint density at radius 1 is 1.50 bits per heavy atom. The molecule has 0 fully saturated rings. The van der Waals surface area contributed by atoms with Crippen molar-refractivity contribution in [1.29, 1.82) is 0 Å². The van der Waals surface area contributed by atoms with Crippen LogP contribution in [-0.4, -0.2) is 25.9 Å². The average Bonchev–Trinajstić information content (AvgIpc) is 2.74. The fraction of sp³-hybridized carbons (Fsp3) is 0.111. The largest absolute Gasteiger partial charge is 0.308 e. The van der Waals surface area contributed by atoms with Crippen molar-refractivity contribution in [3.05, 3.63) is 35.2 Å². The van der Waals surface area contributed by atoms with Crippen molar-refractivity contribution in [3.8, 4) is 0 Å². The van der Waals surface area contributed by atoms with Crippen molar-refractivity contribution < 1.29 is 4.79 Å². The molecule has 0 aliphatic rings. The number of carbonyl (C=O) groups excluding carboxylic acids is 1. The fourth-order valence-electron chi connectivity index (χ4n) is 1.11. The molecule has 16 heavy (non-hydrogen) atoms. The van der Waals surface area contributed by atoms with Gasteiger partial charge in [0.1, 0.15) is 12.4 Å². The Hall–Kier alpha value is -1.76. The topological polar surface area (TPSA) is 72.7 Å². The number of aromatic nitrogens is 4. The molecular formula is C9H8BrN5O. The van der Waals surface area contributed by atoms with Crippen molar-refractivity contribution in [2.45, 2.75) is 6.54 Å². The zero-order valence-corrected chi connectivity index (χ0v) is 9.75. The van der Waals surface area contributed by atoms with E-state index in [9.17, 15) is 4.79 Å². The summed E-state index contributed by atoms with van der Waals surface area (Å²) in [5.74, 6) is 0.289. The second kappa shape index (κ2) is 4.84. The summed E-state index contributed by atoms with van der Waals surface area (Å²) in [4.78, 5) is 15.6. The molecule has 0 radical (unpaired) electrons. The lowest BCUT2D eigenvalue weighted by Crippen LogP contribution is -2.20. The summed E-state index contributed by atoms with van der Waals surface area (Å²) in [6.07, 6.45) is 4.74. The smallest absolute Gasteiger partial charge is 0.247 e. The first kappa shape index (κ1) is 10.7. The van der Waals surface area contributed by atoms with Gasteiger partial charge in [0.2, 0.25) is 5.91 Å². The van der Waals surface area contributed by atoms with Crippen molar-refractivity contribution in [3.63, 3.8) is 0 Å². The highest BCUT2D eigenvalue weighted by atomic mass is 79.9. The standard InChI is InChI=1S/C9H8BrN5O/c10-7-2-1-3-11-9(7)13-8(16)6-15-5-4-12-14-15/h1-5H,6H2,(H,11,13,16). The van der Waals surface area contributed by atoms with Crippen molar-refractivity contribution in [2.24, 2.45) is 0 Å². The van der Waals surface area contributed by atoms with Gasteiger partial charge >= 0.3 is 0 Å². The quantitative estimate of drug-likeness (QED) is 0.914. The highest BCUT2D eigenvalue weighted by molar-refractivity contribution is 9.10. The number of amides is 1. The van der Waals surface area contributed by atoms with E-state index < -0.39 is 0 Å². The number of rotatable bonds is 3. The van der Waals surface area contributed by atoms with Crippen LogP contribution in [0.15, 0.2) is 35.2 Å². The van der Waals surface area contributed by atoms with E-state index in [0.29, 0.717) is 5.82 Å². The predicted molar refractivity (Wildman–Crippen MR) is 60.6 cm³/mol. The van der Waals surface area contributed by atoms with Crippen LogP contribution in [0.4, 0.5) is 5.82 Å². The van der Waals surface area contributed by atoms with Crippen LogP contribution >= 0.6 is 15.9 Å². The summed E-state index contributed by atoms with van der Waals surface area (Å²) >= 11 is 3.29. The maximum atomic E-state index is 11.6. The molecule has 0 saturated carbocycles. The minimum absolute atomic E-state index is 0.114. The number of hydrogen-bond acceptors (Lipinski definition) is 4. The Kier molecular flexibility index (Phi) is 3.25. The van der Waals surface area contributed by atoms with E-state index in [-0.39, 0.29) is 12.5 Å². The molecule has 0 saturated heterocycles. The van der Waals surface area contributed by atoms with Gasteiger partial charge in [0.05, 0.1) is 10.7 Å². The Bertz CT molecular complexity index is 484. The Morgan fingerprint density at radius 3 is 3.06 bits per heavy atom. The number of hydrogen-bond donors (Lipinski definition) is 1. The van der Waals surface area contributed by atoms with Crippen molar-refractivity contribution >= 4 is 27.7 Å². The van der Waals surface area contributed by atoms with Crippen molar-refractivity contribution in [1.82, 2.24) is 20.0 Å². The summed E-state index contributed by atoms with van der Waals surface area (Å²) < 4.78 is 2.17. The number of carbonyl (C=O) groups is 1. The third kappa shape index (κ3) is 2.63. The number of nitrogens with zero attached hydrogens (tertiary/aromatic N) is 4. The summed E-state index contributed by atoms with van der Waals surface area (Å²) in [5, 5.41) is 9.96. The zero-order chi connectivity index (χ0) is 11.4. The molecular weight excluding hydrogens is 274 g/mol. The number of anilines is 1. The molecule has 2 rings (SSSR count). The number of nitrogens with one attached hydrogen (secondary N) is 1. The molecule has 1 amide bonds. The van der Waals surface area contributed by atoms with Gasteiger partial charge in [-0.3, -0.25) is 4.79 Å². The maximum Gasteiger partial charge on any atom is 0.247 e. The number of halogens is 1. The molecule has 6 nitrogen and oxygen atoms in total. The molecule has 7 heteroatoms. The molecule has 0 atom stereocenters. The maximum absolute atomic E-state index is 11.6. The van der Waals surface area contributed by atoms with Crippen LogP contribution in [0.25, 0.3) is 0 Å². The molecule has 2 aromatic heterocycles. The molecule has 2 aromatic rings. The highest BCUT2D eigenvalue weighted by Gasteiger charge is 2.06. The Labute approximate surface area is 99.8 Å². The average molecular weight is 282 g/mol. The first-order valence-corrected chi connectivity index (χ1v) is 5.29. The van der Waals surface area contributed by atoms with Gasteiger partial charge in [0, 0.05) is 12.4 Å². The van der Waals surface area contributed by atoms with Crippen LogP contribution in [0.3, 0.4) is 0 Å². The van der Waals surface area contributed by atoms with Crippen molar-refractivity contribution in [2.75, 3.05) is 5.32 Å². The first-order valence-electron chi connectivity index (χ1n) is 4.50. The van der Waals surface area contributed by atoms with E-state index in [1.54, 1.807) is 24.5 Å². The molecule has 1 N–H and O–H groups in total. The monoisotopic (exact) mass is 281 g/mol. The van der Waals surface area contributed by atoms with Gasteiger partial charge in [-0.2, -0.15) is 0 Å². The molecule has 0 aliphatic heterocycles. The highest BCUT2D eigenvalue weighted by Crippen LogP contribution is 2.17. The lowest BCUT2D eigenvalue weighted by molar-refractivity contribution is -0.116. The van der Waals surface area contributed by atoms with Gasteiger partial charge in [-0.05, 0) is 28.1 Å². The summed E-state index contributed by atoms with van der Waals surface area (Å²) in [6, 6.07) is 3.58. The SMILES string of the molecule is O=C(Cn1ccnn1)Nc1ncccc1Br. The van der Waals surface area contributed by atoms with E-state index in [2.05, 4.69) is 36.5 Å². The van der Waals surface area contributed by atoms with Gasteiger partial charge in [-0.1, -0.05) is 5.21 Å². The normalized spacial score (nSPS) is 10.1. The van der Waals surface area contributed by atoms with E-state index >= 15 is 0 Å². The second-order valence-electron chi connectivity index (χ2n) is 2.98. The molecule has 0 bridgehead atoms. The minimum Gasteiger partial charge on any atom is -0.308 e. The first-order chi connectivity index (χ1) is 7.75. The predicted octanol–water partition coefficient (Wildman–Crippen LogP) is 1.07. The van der Waals surface area contributed by atoms with E-state index in [1.807, 2.05) is 0 Å². The zero-order valence-electron chi connectivity index (χ0n) is 8.17. The van der Waals surface area contributed by atoms with Gasteiger partial charge < -0.3 is 5.32 Å². The minimum atomic E-state index is -0.204. The number of pyridine rings is 1. The van der Waals surface area contributed by atoms with E-state index in [0.717, 1.165) is 4.47 Å². The molecule has 2 heterocycles. The van der Waals surface area contributed by atoms with Crippen LogP contribution in [0, 0.1) is 0 Å². The molecule has 82 valence electrons. The van der Waals surface area contributed by atoms with Gasteiger partial charge in [-0.15, -0.1) is 5.10 Å². The molecule has 0 aliphatic carbocycles. The lowest BCUT2D eigenvalue weighted by Gasteiger charge is -2.05. The summed E-state index contributed by atoms with van der Waals surface area (Å²) in [5.41, 5.74) is 0. The van der Waals surface area contributed by atoms with E-state index in [4.69, 9.17) is 0 Å². The Balaban J connectivity index is 2.00. The Morgan fingerprint density at radius 2 is 2.38 bits per heavy atom. The lowest BCUT2D eigenvalue weighted by atomic mass is 10.4. The fourth-order valence-corrected chi connectivity index (χ4v) is 1.47. The van der Waals surface area contributed by atoms with Crippen LogP contribution in [-0.2, 0) is 11.3 Å². The third-order valence-electron chi connectivity index (χ3n) is 1.79. The third-order valence-corrected chi connectivity index (χ3v) is 2.43. The summed E-state index contributed by atoms with van der Waals surface area (Å²) in [6.45, 7) is 0.114. The second-order valence-corrected chi connectivity index (χ2v) is 3.84. The summed E-state index contributed by atoms with van der Waals surface area (Å²) in [7, 11) is 0. The molecule has 0 aromatic carbocycles. The van der Waals surface area contributed by atoms with Crippen LogP contribution in [0.2, 0.25) is 0 Å². The van der Waals surface area contributed by atoms with Gasteiger partial charge in [0.15, 0.2) is 0 Å². The van der Waals surface area contributed by atoms with Crippen LogP contribution in [0.1, 0.15) is 0 Å². The van der Waals surface area contributed by atoms with Crippen LogP contribution in [0.5, 0.6) is 0 Å². The van der Waals surface area contributed by atoms with E-state index in [1.165, 1.54) is 10.9 Å². The van der Waals surface area contributed by atoms with Gasteiger partial charge in [0.25, 0.3) is 0 Å². The van der Waals surface area contributed by atoms with Gasteiger partial charge in [-0.25, -0.2) is 9.67 Å². The molecule has 0 spiro atoms. The molecule has 0 unspecified atom stereocenters. The van der Waals surface area contributed by atoms with Crippen LogP contribution < -0.4 is 5.32 Å².